The van der Waals surface area contributed by atoms with E-state index in [4.69, 9.17) is 4.74 Å². The summed E-state index contributed by atoms with van der Waals surface area (Å²) in [6.45, 7) is 1.58. The molecule has 2 heterocycles. The summed E-state index contributed by atoms with van der Waals surface area (Å²) in [7, 11) is -4.01. The van der Waals surface area contributed by atoms with Gasteiger partial charge in [0.1, 0.15) is 28.4 Å². The topological polar surface area (TPSA) is 83.9 Å². The van der Waals surface area contributed by atoms with Gasteiger partial charge in [0.2, 0.25) is 10.0 Å². The second-order valence-electron chi connectivity index (χ2n) is 8.58. The lowest BCUT2D eigenvalue weighted by molar-refractivity contribution is -0.137. The number of carboxylic acids is 1. The third-order valence-corrected chi connectivity index (χ3v) is 8.30. The smallest absolute Gasteiger partial charge is 0.304 e. The number of ether oxygens (including phenoxy) is 1. The molecule has 0 amide bonds. The molecule has 9 heteroatoms. The predicted octanol–water partition coefficient (Wildman–Crippen LogP) is 4.52. The van der Waals surface area contributed by atoms with E-state index < -0.39 is 46.1 Å². The van der Waals surface area contributed by atoms with Gasteiger partial charge in [-0.25, -0.2) is 17.2 Å². The lowest BCUT2D eigenvalue weighted by Gasteiger charge is -2.24. The second-order valence-corrected chi connectivity index (χ2v) is 10.5. The maximum absolute atomic E-state index is 15.1. The maximum Gasteiger partial charge on any atom is 0.304 e. The predicted molar refractivity (Wildman–Crippen MR) is 119 cm³/mol. The minimum atomic E-state index is -4.01. The second kappa shape index (κ2) is 8.18. The average molecular weight is 486 g/mol. The number of benzene rings is 3. The molecule has 0 saturated carbocycles. The van der Waals surface area contributed by atoms with Gasteiger partial charge in [0.15, 0.2) is 0 Å². The normalized spacial score (nSPS) is 22.5. The van der Waals surface area contributed by atoms with E-state index in [9.17, 15) is 18.3 Å². The number of rotatable bonds is 2. The molecule has 1 N–H and O–H groups in total. The van der Waals surface area contributed by atoms with Crippen LogP contribution in [0.3, 0.4) is 0 Å². The van der Waals surface area contributed by atoms with Crippen LogP contribution >= 0.6 is 0 Å². The molecule has 0 fully saturated rings. The zero-order valence-electron chi connectivity index (χ0n) is 18.2. The average Bonchev–Trinajstić information content (AvgIpc) is 2.89. The molecule has 0 spiro atoms. The summed E-state index contributed by atoms with van der Waals surface area (Å²) < 4.78 is 64.5. The van der Waals surface area contributed by atoms with Crippen LogP contribution in [0.25, 0.3) is 0 Å². The number of sulfonamides is 1. The Balaban J connectivity index is 1.82. The van der Waals surface area contributed by atoms with Crippen molar-refractivity contribution >= 4 is 16.0 Å². The molecular formula is C25H21F2NO5S. The van der Waals surface area contributed by atoms with Gasteiger partial charge in [-0.1, -0.05) is 30.3 Å². The van der Waals surface area contributed by atoms with Crippen molar-refractivity contribution in [2.45, 2.75) is 36.8 Å². The molecule has 3 atom stereocenters. The molecule has 34 heavy (non-hydrogen) atoms. The summed E-state index contributed by atoms with van der Waals surface area (Å²) in [6.07, 6.45) is -1.49. The minimum absolute atomic E-state index is 0.0195. The molecule has 3 aromatic rings. The summed E-state index contributed by atoms with van der Waals surface area (Å²) >= 11 is 0. The van der Waals surface area contributed by atoms with Crippen molar-refractivity contribution in [3.63, 3.8) is 0 Å². The number of aryl methyl sites for hydroxylation is 1. The Labute approximate surface area is 195 Å². The Bertz CT molecular complexity index is 1420. The van der Waals surface area contributed by atoms with E-state index in [-0.39, 0.29) is 34.9 Å². The fourth-order valence-electron chi connectivity index (χ4n) is 4.63. The Morgan fingerprint density at radius 3 is 2.59 bits per heavy atom. The number of hydrogen-bond donors (Lipinski definition) is 1. The van der Waals surface area contributed by atoms with Crippen LogP contribution in [0, 0.1) is 18.6 Å². The van der Waals surface area contributed by atoms with E-state index in [1.807, 2.05) is 6.92 Å². The van der Waals surface area contributed by atoms with Crippen molar-refractivity contribution in [2.24, 2.45) is 0 Å². The quantitative estimate of drug-likeness (QED) is 0.577. The molecule has 0 saturated heterocycles. The SMILES string of the molecule is Cc1ccc2cc1CN1C[C@H](Oc3ccccc3S1(=O)=O)c1cc(c(F)cc1F)C2CC(=O)O. The number of fused-ring (bicyclic) bond motifs is 8. The van der Waals surface area contributed by atoms with Crippen LogP contribution in [0.5, 0.6) is 5.75 Å². The van der Waals surface area contributed by atoms with E-state index in [2.05, 4.69) is 0 Å². The highest BCUT2D eigenvalue weighted by molar-refractivity contribution is 7.89. The van der Waals surface area contributed by atoms with Gasteiger partial charge < -0.3 is 9.84 Å². The third kappa shape index (κ3) is 3.74. The van der Waals surface area contributed by atoms with Crippen molar-refractivity contribution < 1.29 is 31.8 Å². The third-order valence-electron chi connectivity index (χ3n) is 6.44. The Morgan fingerprint density at radius 2 is 1.82 bits per heavy atom. The lowest BCUT2D eigenvalue weighted by atomic mass is 9.85. The highest BCUT2D eigenvalue weighted by atomic mass is 32.2. The zero-order chi connectivity index (χ0) is 24.2. The molecule has 6 bridgehead atoms. The molecule has 0 aliphatic carbocycles. The molecule has 2 aliphatic heterocycles. The first-order valence-electron chi connectivity index (χ1n) is 10.7. The molecular weight excluding hydrogens is 464 g/mol. The first kappa shape index (κ1) is 22.5. The van der Waals surface area contributed by atoms with Crippen molar-refractivity contribution in [2.75, 3.05) is 6.54 Å². The molecule has 2 unspecified atom stereocenters. The van der Waals surface area contributed by atoms with E-state index >= 15 is 8.78 Å². The van der Waals surface area contributed by atoms with Gasteiger partial charge in [0.05, 0.1) is 13.0 Å². The molecule has 6 nitrogen and oxygen atoms in total. The van der Waals surface area contributed by atoms with Crippen LogP contribution in [-0.4, -0.2) is 30.3 Å². The first-order valence-corrected chi connectivity index (χ1v) is 12.1. The summed E-state index contributed by atoms with van der Waals surface area (Å²) in [5, 5.41) is 9.53. The number of aliphatic carboxylic acids is 1. The minimum Gasteiger partial charge on any atom is -0.483 e. The molecule has 2 aliphatic rings. The van der Waals surface area contributed by atoms with E-state index in [0.717, 1.165) is 5.56 Å². The number of para-hydroxylation sites is 1. The Morgan fingerprint density at radius 1 is 1.09 bits per heavy atom. The van der Waals surface area contributed by atoms with Gasteiger partial charge in [0.25, 0.3) is 0 Å². The molecule has 0 radical (unpaired) electrons. The van der Waals surface area contributed by atoms with Crippen LogP contribution in [0.2, 0.25) is 0 Å². The molecule has 5 rings (SSSR count). The number of hydrogen-bond acceptors (Lipinski definition) is 4. The highest BCUT2D eigenvalue weighted by Gasteiger charge is 2.38. The van der Waals surface area contributed by atoms with Crippen LogP contribution < -0.4 is 4.74 Å². The van der Waals surface area contributed by atoms with Gasteiger partial charge in [-0.2, -0.15) is 4.31 Å². The van der Waals surface area contributed by atoms with Gasteiger partial charge in [0, 0.05) is 24.1 Å². The fourth-order valence-corrected chi connectivity index (χ4v) is 6.17. The number of nitrogens with zero attached hydrogens (tertiary/aromatic N) is 1. The van der Waals surface area contributed by atoms with Crippen LogP contribution in [0.4, 0.5) is 8.78 Å². The number of halogens is 2. The van der Waals surface area contributed by atoms with E-state index in [1.54, 1.807) is 30.3 Å². The summed E-state index contributed by atoms with van der Waals surface area (Å²) in [5.41, 5.74) is 1.93. The standard InChI is InChI=1S/C25H21F2NO5S/c1-14-6-7-15-8-16(14)12-28-13-23(33-22-4-2-3-5-24(22)34(28,31)32)19-9-18(17(15)10-25(29)30)20(26)11-21(19)27/h2-9,11,17,23H,10,12-13H2,1H3,(H,29,30)/t17?,23-/m0/s1. The van der Waals surface area contributed by atoms with E-state index in [1.165, 1.54) is 22.5 Å². The van der Waals surface area contributed by atoms with Gasteiger partial charge >= 0.3 is 5.97 Å². The largest absolute Gasteiger partial charge is 0.483 e. The fraction of sp³-hybridized carbons (Fsp3) is 0.240. The van der Waals surface area contributed by atoms with Crippen molar-refractivity contribution in [1.29, 1.82) is 0 Å². The Hall–Kier alpha value is -3.30. The molecule has 176 valence electrons. The summed E-state index contributed by atoms with van der Waals surface area (Å²) in [5.74, 6) is -3.72. The highest BCUT2D eigenvalue weighted by Crippen LogP contribution is 2.40. The van der Waals surface area contributed by atoms with Crippen LogP contribution in [-0.2, 0) is 21.4 Å². The summed E-state index contributed by atoms with van der Waals surface area (Å²) in [6, 6.07) is 13.3. The first-order chi connectivity index (χ1) is 16.1. The van der Waals surface area contributed by atoms with Crippen LogP contribution in [0.15, 0.2) is 59.5 Å². The maximum atomic E-state index is 15.1. The monoisotopic (exact) mass is 485 g/mol. The van der Waals surface area contributed by atoms with Crippen molar-refractivity contribution in [3.05, 3.63) is 94.0 Å². The van der Waals surface area contributed by atoms with E-state index in [0.29, 0.717) is 17.2 Å². The summed E-state index contributed by atoms with van der Waals surface area (Å²) in [4.78, 5) is 11.6. The van der Waals surface area contributed by atoms with Gasteiger partial charge in [-0.05, 0) is 47.4 Å². The van der Waals surface area contributed by atoms with Gasteiger partial charge in [-0.15, -0.1) is 0 Å². The van der Waals surface area contributed by atoms with Crippen LogP contribution in [0.1, 0.15) is 46.3 Å². The van der Waals surface area contributed by atoms with Crippen molar-refractivity contribution in [1.82, 2.24) is 4.31 Å². The zero-order valence-corrected chi connectivity index (χ0v) is 19.0. The lowest BCUT2D eigenvalue weighted by Crippen LogP contribution is -2.34. The Kier molecular flexibility index (Phi) is 5.41. The number of carboxylic acid groups (broad SMARTS) is 1. The van der Waals surface area contributed by atoms with Gasteiger partial charge in [-0.3, -0.25) is 4.79 Å². The van der Waals surface area contributed by atoms with Crippen molar-refractivity contribution in [3.8, 4) is 5.75 Å². The molecule has 0 aromatic heterocycles. The molecule has 3 aromatic carbocycles. The number of carbonyl (C=O) groups is 1.